The Bertz CT molecular complexity index is 450. The van der Waals surface area contributed by atoms with Gasteiger partial charge in [-0.15, -0.1) is 0 Å². The fourth-order valence-electron chi connectivity index (χ4n) is 1.97. The first-order valence-corrected chi connectivity index (χ1v) is 9.16. The summed E-state index contributed by atoms with van der Waals surface area (Å²) in [5.41, 5.74) is 0. The van der Waals surface area contributed by atoms with E-state index in [1.807, 2.05) is 13.8 Å². The third-order valence-electron chi connectivity index (χ3n) is 3.54. The maximum Gasteiger partial charge on any atom is 0.220 e. The molecule has 7 heteroatoms. The van der Waals surface area contributed by atoms with Crippen LogP contribution in [0, 0.1) is 5.92 Å². The minimum absolute atomic E-state index is 0. The fourth-order valence-corrected chi connectivity index (χ4v) is 1.97. The molecule has 0 spiro atoms. The van der Waals surface area contributed by atoms with E-state index in [1.165, 1.54) is 0 Å². The standard InChI is InChI=1S/C18H33N3O4.3H2/c1-4-15(22)9-10-18(25)20-12-5-7-16(23)19-11-6-8-17(24)21-13-14(2)3;;;/h14H,4-13H2,1-3H3,(H,19,23)(H,20,25)(H,21,24);3*1H. The molecule has 0 saturated carbocycles. The molecule has 7 nitrogen and oxygen atoms in total. The lowest BCUT2D eigenvalue weighted by Crippen LogP contribution is -2.30. The van der Waals surface area contributed by atoms with Crippen LogP contribution in [0.1, 0.15) is 70.0 Å². The fraction of sp³-hybridized carbons (Fsp3) is 0.778. The first kappa shape index (κ1) is 23.1. The smallest absolute Gasteiger partial charge is 0.220 e. The van der Waals surface area contributed by atoms with E-state index in [-0.39, 0.29) is 40.6 Å². The van der Waals surface area contributed by atoms with Crippen molar-refractivity contribution in [3.63, 3.8) is 0 Å². The van der Waals surface area contributed by atoms with E-state index in [0.29, 0.717) is 57.7 Å². The largest absolute Gasteiger partial charge is 0.356 e. The van der Waals surface area contributed by atoms with E-state index in [1.54, 1.807) is 6.92 Å². The van der Waals surface area contributed by atoms with Gasteiger partial charge in [0, 0.05) is 56.0 Å². The number of nitrogens with one attached hydrogen (secondary N) is 3. The van der Waals surface area contributed by atoms with E-state index in [0.717, 1.165) is 0 Å². The summed E-state index contributed by atoms with van der Waals surface area (Å²) in [6.45, 7) is 7.41. The Kier molecular flexibility index (Phi) is 13.3. The quantitative estimate of drug-likeness (QED) is 0.412. The summed E-state index contributed by atoms with van der Waals surface area (Å²) in [6, 6.07) is 0. The molecule has 0 aliphatic rings. The topological polar surface area (TPSA) is 104 Å². The Balaban J connectivity index is -0.000000960. The van der Waals surface area contributed by atoms with Gasteiger partial charge < -0.3 is 16.0 Å². The lowest BCUT2D eigenvalue weighted by Gasteiger charge is -2.08. The zero-order valence-electron chi connectivity index (χ0n) is 15.8. The van der Waals surface area contributed by atoms with Crippen molar-refractivity contribution in [2.24, 2.45) is 5.92 Å². The molecule has 0 aliphatic heterocycles. The van der Waals surface area contributed by atoms with Crippen LogP contribution >= 0.6 is 0 Å². The van der Waals surface area contributed by atoms with Crippen LogP contribution in [0.2, 0.25) is 0 Å². The molecule has 0 saturated heterocycles. The van der Waals surface area contributed by atoms with E-state index >= 15 is 0 Å². The first-order chi connectivity index (χ1) is 11.8. The van der Waals surface area contributed by atoms with Gasteiger partial charge in [-0.1, -0.05) is 20.8 Å². The van der Waals surface area contributed by atoms with Gasteiger partial charge in [-0.05, 0) is 18.8 Å². The van der Waals surface area contributed by atoms with Gasteiger partial charge in [0.05, 0.1) is 0 Å². The highest BCUT2D eigenvalue weighted by Gasteiger charge is 2.06. The maximum atomic E-state index is 11.6. The summed E-state index contributed by atoms with van der Waals surface area (Å²) in [7, 11) is 0. The Hall–Kier alpha value is -1.92. The van der Waals surface area contributed by atoms with Crippen molar-refractivity contribution in [2.45, 2.75) is 65.7 Å². The summed E-state index contributed by atoms with van der Waals surface area (Å²) in [5, 5.41) is 8.29. The Morgan fingerprint density at radius 1 is 0.760 bits per heavy atom. The average molecular weight is 362 g/mol. The van der Waals surface area contributed by atoms with Crippen molar-refractivity contribution in [2.75, 3.05) is 19.6 Å². The van der Waals surface area contributed by atoms with Gasteiger partial charge in [0.1, 0.15) is 5.78 Å². The zero-order chi connectivity index (χ0) is 19.1. The van der Waals surface area contributed by atoms with Crippen LogP contribution in [0.4, 0.5) is 0 Å². The molecule has 3 N–H and O–H groups in total. The average Bonchev–Trinajstić information content (AvgIpc) is 2.58. The van der Waals surface area contributed by atoms with E-state index in [2.05, 4.69) is 16.0 Å². The van der Waals surface area contributed by atoms with E-state index in [9.17, 15) is 19.2 Å². The van der Waals surface area contributed by atoms with Gasteiger partial charge in [-0.3, -0.25) is 19.2 Å². The highest BCUT2D eigenvalue weighted by molar-refractivity contribution is 5.84. The number of ketones is 1. The minimum Gasteiger partial charge on any atom is -0.356 e. The number of rotatable bonds is 14. The Morgan fingerprint density at radius 3 is 1.72 bits per heavy atom. The minimum atomic E-state index is -0.158. The molecule has 0 fully saturated rings. The third-order valence-corrected chi connectivity index (χ3v) is 3.54. The lowest BCUT2D eigenvalue weighted by atomic mass is 10.2. The van der Waals surface area contributed by atoms with E-state index < -0.39 is 0 Å². The number of hydrogen-bond donors (Lipinski definition) is 3. The van der Waals surface area contributed by atoms with E-state index in [4.69, 9.17) is 0 Å². The summed E-state index contributed by atoms with van der Waals surface area (Å²) in [5.74, 6) is 0.267. The van der Waals surface area contributed by atoms with Gasteiger partial charge in [-0.2, -0.15) is 0 Å². The Morgan fingerprint density at radius 2 is 1.24 bits per heavy atom. The molecule has 0 bridgehead atoms. The molecule has 0 heterocycles. The SMILES string of the molecule is CCC(=O)CCC(=O)NCCCC(=O)NCCCC(=O)NCC(C)C.[HH].[HH].[HH]. The van der Waals surface area contributed by atoms with Gasteiger partial charge in [0.2, 0.25) is 17.7 Å². The highest BCUT2D eigenvalue weighted by Crippen LogP contribution is 1.96. The van der Waals surface area contributed by atoms with Gasteiger partial charge in [-0.25, -0.2) is 0 Å². The summed E-state index contributed by atoms with van der Waals surface area (Å²) in [6.07, 6.45) is 2.82. The molecule has 0 aromatic carbocycles. The van der Waals surface area contributed by atoms with Crippen molar-refractivity contribution in [3.05, 3.63) is 0 Å². The van der Waals surface area contributed by atoms with Crippen LogP contribution in [0.15, 0.2) is 0 Å². The van der Waals surface area contributed by atoms with Crippen LogP contribution in [0.25, 0.3) is 0 Å². The number of amides is 3. The van der Waals surface area contributed by atoms with Crippen molar-refractivity contribution in [1.29, 1.82) is 0 Å². The summed E-state index contributed by atoms with van der Waals surface area (Å²) >= 11 is 0. The van der Waals surface area contributed by atoms with Crippen molar-refractivity contribution < 1.29 is 23.5 Å². The van der Waals surface area contributed by atoms with Crippen LogP contribution in [-0.2, 0) is 19.2 Å². The number of Topliss-reactive ketones (excluding diaryl/α,β-unsaturated/α-hetero) is 1. The second kappa shape index (κ2) is 14.4. The third kappa shape index (κ3) is 15.4. The molecule has 0 rings (SSSR count). The zero-order valence-corrected chi connectivity index (χ0v) is 15.8. The van der Waals surface area contributed by atoms with Crippen LogP contribution in [0.3, 0.4) is 0 Å². The monoisotopic (exact) mass is 361 g/mol. The van der Waals surface area contributed by atoms with Crippen molar-refractivity contribution in [1.82, 2.24) is 16.0 Å². The molecule has 0 radical (unpaired) electrons. The van der Waals surface area contributed by atoms with Gasteiger partial charge >= 0.3 is 0 Å². The van der Waals surface area contributed by atoms with Gasteiger partial charge in [0.15, 0.2) is 0 Å². The second-order valence-corrected chi connectivity index (χ2v) is 6.50. The molecule has 0 unspecified atom stereocenters. The van der Waals surface area contributed by atoms with Crippen molar-refractivity contribution >= 4 is 23.5 Å². The molecule has 0 atom stereocenters. The van der Waals surface area contributed by atoms with Crippen LogP contribution < -0.4 is 16.0 Å². The molecule has 0 aliphatic carbocycles. The molecular weight excluding hydrogens is 322 g/mol. The molecule has 25 heavy (non-hydrogen) atoms. The highest BCUT2D eigenvalue weighted by atomic mass is 16.2. The normalized spacial score (nSPS) is 10.4. The summed E-state index contributed by atoms with van der Waals surface area (Å²) < 4.78 is 0. The predicted molar refractivity (Wildman–Crippen MR) is 103 cm³/mol. The first-order valence-electron chi connectivity index (χ1n) is 9.16. The summed E-state index contributed by atoms with van der Waals surface area (Å²) in [4.78, 5) is 45.7. The number of carbonyl (C=O) groups excluding carboxylic acids is 4. The number of carbonyl (C=O) groups is 4. The predicted octanol–water partition coefficient (Wildman–Crippen LogP) is 2.05. The van der Waals surface area contributed by atoms with Crippen LogP contribution in [0.5, 0.6) is 0 Å². The van der Waals surface area contributed by atoms with Gasteiger partial charge in [0.25, 0.3) is 0 Å². The van der Waals surface area contributed by atoms with Crippen LogP contribution in [-0.4, -0.2) is 43.1 Å². The molecular formula is C18H39N3O4. The van der Waals surface area contributed by atoms with Crippen molar-refractivity contribution in [3.8, 4) is 0 Å². The maximum absolute atomic E-state index is 11.6. The molecule has 0 aromatic heterocycles. The Labute approximate surface area is 155 Å². The molecule has 0 aromatic rings. The molecule has 3 amide bonds. The second-order valence-electron chi connectivity index (χ2n) is 6.50. The molecule has 150 valence electrons. The lowest BCUT2D eigenvalue weighted by molar-refractivity contribution is -0.125. The number of hydrogen-bond acceptors (Lipinski definition) is 4.